The second-order valence-corrected chi connectivity index (χ2v) is 2.00. The number of hydrogen-bond donors (Lipinski definition) is 1. The lowest BCUT2D eigenvalue weighted by Crippen LogP contribution is -2.33. The molecule has 1 rings (SSSR count). The third-order valence-electron chi connectivity index (χ3n) is 1.29. The van der Waals surface area contributed by atoms with Crippen LogP contribution in [0.25, 0.3) is 0 Å². The maximum absolute atomic E-state index is 10.4. The van der Waals surface area contributed by atoms with Crippen LogP contribution in [0.1, 0.15) is 12.8 Å². The molecule has 1 aliphatic heterocycles. The molecule has 0 unspecified atom stereocenters. The van der Waals surface area contributed by atoms with Crippen molar-refractivity contribution in [1.29, 1.82) is 0 Å². The molecule has 2 radical (unpaired) electrons. The number of rotatable bonds is 1. The summed E-state index contributed by atoms with van der Waals surface area (Å²) in [5.74, 6) is -1.11. The molecule has 1 heterocycles. The van der Waals surface area contributed by atoms with Crippen molar-refractivity contribution in [2.75, 3.05) is 0 Å². The molecule has 1 aliphatic rings. The second-order valence-electron chi connectivity index (χ2n) is 2.00. The molecular weight excluding hydrogens is 120 g/mol. The van der Waals surface area contributed by atoms with Crippen LogP contribution in [-0.4, -0.2) is 17.9 Å². The van der Waals surface area contributed by atoms with Crippen LogP contribution in [0.5, 0.6) is 0 Å². The second kappa shape index (κ2) is 2.05. The maximum atomic E-state index is 10.4. The van der Waals surface area contributed by atoms with E-state index < -0.39 is 11.9 Å². The van der Waals surface area contributed by atoms with E-state index in [9.17, 15) is 9.59 Å². The summed E-state index contributed by atoms with van der Waals surface area (Å²) in [5, 5.41) is 2.31. The minimum atomic E-state index is -0.944. The van der Waals surface area contributed by atoms with Gasteiger partial charge in [0.25, 0.3) is 5.91 Å². The van der Waals surface area contributed by atoms with Crippen molar-refractivity contribution in [2.24, 2.45) is 0 Å². The Morgan fingerprint density at radius 1 is 1.78 bits per heavy atom. The lowest BCUT2D eigenvalue weighted by Gasteiger charge is -1.98. The highest BCUT2D eigenvalue weighted by Gasteiger charge is 2.25. The third kappa shape index (κ3) is 1.19. The first kappa shape index (κ1) is 6.07. The number of nitrogens with zero attached hydrogens (tertiary/aromatic N) is 1. The molecule has 0 bridgehead atoms. The predicted molar refractivity (Wildman–Crippen MR) is 28.3 cm³/mol. The van der Waals surface area contributed by atoms with Gasteiger partial charge in [0.2, 0.25) is 5.91 Å². The molecule has 0 aromatic rings. The van der Waals surface area contributed by atoms with Gasteiger partial charge in [0, 0.05) is 6.42 Å². The van der Waals surface area contributed by atoms with Crippen molar-refractivity contribution in [3.8, 4) is 0 Å². The zero-order chi connectivity index (χ0) is 6.85. The van der Waals surface area contributed by atoms with E-state index in [2.05, 4.69) is 5.32 Å². The molecule has 1 N–H and O–H groups in total. The monoisotopic (exact) mass is 126 g/mol. The first-order chi connectivity index (χ1) is 4.20. The number of nitrogens with one attached hydrogen (secondary N) is 1. The number of hydrogen-bond acceptors (Lipinski definition) is 2. The van der Waals surface area contributed by atoms with Crippen molar-refractivity contribution in [2.45, 2.75) is 18.9 Å². The van der Waals surface area contributed by atoms with Crippen LogP contribution < -0.4 is 11.1 Å². The Balaban J connectivity index is 2.48. The van der Waals surface area contributed by atoms with Crippen molar-refractivity contribution < 1.29 is 9.59 Å². The van der Waals surface area contributed by atoms with Gasteiger partial charge in [-0.25, -0.2) is 0 Å². The van der Waals surface area contributed by atoms with Crippen molar-refractivity contribution >= 4 is 11.8 Å². The van der Waals surface area contributed by atoms with Gasteiger partial charge in [-0.1, -0.05) is 0 Å². The summed E-state index contributed by atoms with van der Waals surface area (Å²) < 4.78 is 0. The number of carbonyl (C=O) groups excluding carboxylic acids is 2. The Kier molecular flexibility index (Phi) is 1.38. The molecule has 1 saturated heterocycles. The van der Waals surface area contributed by atoms with E-state index in [1.165, 1.54) is 0 Å². The van der Waals surface area contributed by atoms with E-state index in [1.807, 2.05) is 0 Å². The minimum absolute atomic E-state index is 0.164. The lowest BCUT2D eigenvalue weighted by atomic mass is 10.2. The van der Waals surface area contributed by atoms with Crippen molar-refractivity contribution in [1.82, 2.24) is 11.1 Å². The fourth-order valence-corrected chi connectivity index (χ4v) is 0.799. The summed E-state index contributed by atoms with van der Waals surface area (Å²) >= 11 is 0. The Morgan fingerprint density at radius 3 is 2.67 bits per heavy atom. The fourth-order valence-electron chi connectivity index (χ4n) is 0.799. The first-order valence-electron chi connectivity index (χ1n) is 2.72. The molecule has 4 heteroatoms. The molecule has 4 nitrogen and oxygen atoms in total. The van der Waals surface area contributed by atoms with E-state index in [4.69, 9.17) is 5.73 Å². The summed E-state index contributed by atoms with van der Waals surface area (Å²) in [4.78, 5) is 20.5. The van der Waals surface area contributed by atoms with E-state index in [0.29, 0.717) is 12.8 Å². The topological polar surface area (TPSA) is 68.5 Å². The van der Waals surface area contributed by atoms with Crippen LogP contribution in [-0.2, 0) is 9.59 Å². The number of carbonyl (C=O) groups is 2. The van der Waals surface area contributed by atoms with Crippen molar-refractivity contribution in [3.05, 3.63) is 0 Å². The summed E-state index contributed by atoms with van der Waals surface area (Å²) in [6, 6.07) is -0.641. The van der Waals surface area contributed by atoms with E-state index >= 15 is 0 Å². The number of amides is 2. The molecule has 0 aromatic carbocycles. The van der Waals surface area contributed by atoms with Crippen LogP contribution in [0, 0.1) is 0 Å². The summed E-state index contributed by atoms with van der Waals surface area (Å²) in [6.45, 7) is 0. The Hall–Kier alpha value is -1.06. The van der Waals surface area contributed by atoms with Gasteiger partial charge < -0.3 is 5.32 Å². The van der Waals surface area contributed by atoms with E-state index in [0.717, 1.165) is 0 Å². The van der Waals surface area contributed by atoms with Crippen molar-refractivity contribution in [3.63, 3.8) is 0 Å². The quantitative estimate of drug-likeness (QED) is 0.482. The zero-order valence-corrected chi connectivity index (χ0v) is 4.76. The molecule has 0 aromatic heterocycles. The van der Waals surface area contributed by atoms with Crippen LogP contribution in [0.15, 0.2) is 0 Å². The standard InChI is InChI=1S/C5H6N2O2/c6-5(9)3-1-2-4(8)7-3/h3H,1-2H2,(H,7,8)/t3-/m0/s1. The predicted octanol–water partition coefficient (Wildman–Crippen LogP) is -1.14. The normalized spacial score (nSPS) is 25.8. The summed E-state index contributed by atoms with van der Waals surface area (Å²) in [5.41, 5.74) is 8.32. The highest BCUT2D eigenvalue weighted by Crippen LogP contribution is 2.04. The Labute approximate surface area is 52.4 Å². The highest BCUT2D eigenvalue weighted by atomic mass is 16.2. The molecule has 2 amide bonds. The minimum Gasteiger partial charge on any atom is -0.344 e. The maximum Gasteiger partial charge on any atom is 0.286 e. The Bertz CT molecular complexity index is 155. The summed E-state index contributed by atoms with van der Waals surface area (Å²) in [7, 11) is 0. The largest absolute Gasteiger partial charge is 0.344 e. The van der Waals surface area contributed by atoms with Gasteiger partial charge in [-0.15, -0.1) is 5.73 Å². The van der Waals surface area contributed by atoms with Gasteiger partial charge in [0.15, 0.2) is 0 Å². The third-order valence-corrected chi connectivity index (χ3v) is 1.29. The average Bonchev–Trinajstić information content (AvgIpc) is 2.14. The van der Waals surface area contributed by atoms with Crippen LogP contribution in [0.4, 0.5) is 0 Å². The van der Waals surface area contributed by atoms with Gasteiger partial charge in [0.1, 0.15) is 6.04 Å². The average molecular weight is 126 g/mol. The first-order valence-corrected chi connectivity index (χ1v) is 2.72. The molecule has 48 valence electrons. The van der Waals surface area contributed by atoms with E-state index in [1.54, 1.807) is 0 Å². The van der Waals surface area contributed by atoms with Crippen LogP contribution in [0.3, 0.4) is 0 Å². The highest BCUT2D eigenvalue weighted by molar-refractivity contribution is 5.89. The van der Waals surface area contributed by atoms with Gasteiger partial charge in [0.05, 0.1) is 0 Å². The molecule has 9 heavy (non-hydrogen) atoms. The van der Waals surface area contributed by atoms with Gasteiger partial charge in [-0.05, 0) is 6.42 Å². The SMILES string of the molecule is [N]C(=O)[C@@H]1CCC(=O)N1. The molecular formula is C5H6N2O2. The zero-order valence-electron chi connectivity index (χ0n) is 4.76. The van der Waals surface area contributed by atoms with Crippen LogP contribution >= 0.6 is 0 Å². The van der Waals surface area contributed by atoms with E-state index in [-0.39, 0.29) is 5.91 Å². The van der Waals surface area contributed by atoms with Crippen LogP contribution in [0.2, 0.25) is 0 Å². The molecule has 1 fully saturated rings. The molecule has 0 spiro atoms. The smallest absolute Gasteiger partial charge is 0.286 e. The van der Waals surface area contributed by atoms with Gasteiger partial charge >= 0.3 is 0 Å². The Morgan fingerprint density at radius 2 is 2.44 bits per heavy atom. The van der Waals surface area contributed by atoms with Gasteiger partial charge in [-0.2, -0.15) is 0 Å². The molecule has 1 atom stereocenters. The lowest BCUT2D eigenvalue weighted by molar-refractivity contribution is -0.124. The van der Waals surface area contributed by atoms with Gasteiger partial charge in [-0.3, -0.25) is 9.59 Å². The molecule has 0 saturated carbocycles. The fraction of sp³-hybridized carbons (Fsp3) is 0.600. The molecule has 0 aliphatic carbocycles. The summed E-state index contributed by atoms with van der Waals surface area (Å²) in [6.07, 6.45) is 0.769.